The van der Waals surface area contributed by atoms with Gasteiger partial charge in [-0.25, -0.2) is 4.79 Å². The number of urea groups is 1. The number of hydrogen-bond donors (Lipinski definition) is 3. The second kappa shape index (κ2) is 9.15. The lowest BCUT2D eigenvalue weighted by Gasteiger charge is -1.62. The van der Waals surface area contributed by atoms with E-state index in [4.69, 9.17) is 4.79 Å². The van der Waals surface area contributed by atoms with Gasteiger partial charge in [0, 0.05) is 0 Å². The zero-order valence-electron chi connectivity index (χ0n) is 4.22. The van der Waals surface area contributed by atoms with Gasteiger partial charge in [0.2, 0.25) is 0 Å². The molecule has 0 saturated carbocycles. The van der Waals surface area contributed by atoms with Crippen LogP contribution in [-0.4, -0.2) is 11.8 Å². The molecule has 0 aliphatic carbocycles. The van der Waals surface area contributed by atoms with E-state index >= 15 is 0 Å². The molecule has 0 saturated heterocycles. The highest BCUT2D eigenvalue weighted by atomic mass is 32.1. The van der Waals surface area contributed by atoms with Crippen LogP contribution in [0.5, 0.6) is 0 Å². The van der Waals surface area contributed by atoms with Crippen molar-refractivity contribution < 1.29 is 4.79 Å². The molecule has 2 amide bonds. The van der Waals surface area contributed by atoms with Gasteiger partial charge >= 0.3 is 6.03 Å². The molecule has 4 N–H and O–H groups in total. The van der Waals surface area contributed by atoms with Crippen molar-refractivity contribution >= 4 is 18.7 Å². The third-order valence-corrected chi connectivity index (χ3v) is 0. The van der Waals surface area contributed by atoms with Gasteiger partial charge in [-0.15, -0.1) is 0 Å². The van der Waals surface area contributed by atoms with Crippen molar-refractivity contribution in [3.63, 3.8) is 0 Å². The average Bonchev–Trinajstić information content (AvgIpc) is 1.33. The van der Waals surface area contributed by atoms with Crippen molar-refractivity contribution in [2.45, 2.75) is 6.92 Å². The van der Waals surface area contributed by atoms with Crippen LogP contribution in [0.4, 0.5) is 4.79 Å². The lowest BCUT2D eigenvalue weighted by atomic mass is 11.0. The Morgan fingerprint density at radius 2 is 1.71 bits per heavy atom. The van der Waals surface area contributed by atoms with Crippen LogP contribution in [0.3, 0.4) is 0 Å². The van der Waals surface area contributed by atoms with Crippen LogP contribution in [-0.2, 0) is 0 Å². The molecule has 0 aliphatic heterocycles. The molecular weight excluding hydrogens is 112 g/mol. The Balaban J connectivity index is 0. The van der Waals surface area contributed by atoms with Gasteiger partial charge in [-0.1, -0.05) is 6.92 Å². The molecule has 0 spiro atoms. The monoisotopic (exact) mass is 122 g/mol. The fraction of sp³-hybridized carbons (Fsp3) is 0.667. The molecule has 44 valence electrons. The van der Waals surface area contributed by atoms with E-state index in [1.54, 1.807) is 0 Å². The van der Waals surface area contributed by atoms with Crippen molar-refractivity contribution in [3.05, 3.63) is 0 Å². The normalized spacial score (nSPS) is 6.00. The fourth-order valence-corrected chi connectivity index (χ4v) is 0. The summed E-state index contributed by atoms with van der Waals surface area (Å²) in [5.74, 6) is 0.944. The molecule has 3 nitrogen and oxygen atoms in total. The van der Waals surface area contributed by atoms with Crippen molar-refractivity contribution in [3.8, 4) is 0 Å². The predicted octanol–water partition coefficient (Wildman–Crippen LogP) is -0.0401. The molecule has 4 heteroatoms. The first kappa shape index (κ1) is 9.80. The van der Waals surface area contributed by atoms with Crippen LogP contribution < -0.4 is 11.5 Å². The van der Waals surface area contributed by atoms with Gasteiger partial charge in [-0.2, -0.15) is 12.6 Å². The van der Waals surface area contributed by atoms with E-state index in [1.165, 1.54) is 0 Å². The highest BCUT2D eigenvalue weighted by Gasteiger charge is 1.60. The van der Waals surface area contributed by atoms with Gasteiger partial charge in [0.1, 0.15) is 0 Å². The van der Waals surface area contributed by atoms with Crippen LogP contribution in [0.15, 0.2) is 0 Å². The fourth-order valence-electron chi connectivity index (χ4n) is 0. The van der Waals surface area contributed by atoms with E-state index in [1.807, 2.05) is 6.92 Å². The molecule has 0 aliphatic rings. The van der Waals surface area contributed by atoms with Crippen molar-refractivity contribution in [1.29, 1.82) is 0 Å². The molecule has 0 fully saturated rings. The van der Waals surface area contributed by atoms with Crippen LogP contribution in [0.1, 0.15) is 6.92 Å². The molecule has 0 aromatic heterocycles. The van der Waals surface area contributed by atoms with Crippen molar-refractivity contribution in [1.82, 2.24) is 0 Å². The Hall–Kier alpha value is -0.380. The number of hydrogen-bond acceptors (Lipinski definition) is 2. The molecule has 7 heavy (non-hydrogen) atoms. The van der Waals surface area contributed by atoms with E-state index in [2.05, 4.69) is 24.1 Å². The second-order valence-corrected chi connectivity index (χ2v) is 1.35. The van der Waals surface area contributed by atoms with Crippen molar-refractivity contribution in [2.24, 2.45) is 11.5 Å². The Kier molecular flexibility index (Phi) is 12.8. The van der Waals surface area contributed by atoms with E-state index in [0.29, 0.717) is 0 Å². The Bertz CT molecular complexity index is 44.2. The number of nitrogens with two attached hydrogens (primary N) is 2. The summed E-state index contributed by atoms with van der Waals surface area (Å²) in [6.07, 6.45) is 0. The van der Waals surface area contributed by atoms with Gasteiger partial charge in [0.15, 0.2) is 0 Å². The summed E-state index contributed by atoms with van der Waals surface area (Å²) in [6.45, 7) is 1.99. The van der Waals surface area contributed by atoms with Gasteiger partial charge in [-0.05, 0) is 5.75 Å². The first-order valence-electron chi connectivity index (χ1n) is 1.80. The number of primary amides is 2. The number of rotatable bonds is 0. The topological polar surface area (TPSA) is 69.1 Å². The molecule has 0 atom stereocenters. The Morgan fingerprint density at radius 1 is 1.71 bits per heavy atom. The molecule has 0 aromatic carbocycles. The summed E-state index contributed by atoms with van der Waals surface area (Å²) in [6, 6.07) is -0.833. The summed E-state index contributed by atoms with van der Waals surface area (Å²) < 4.78 is 0. The highest BCUT2D eigenvalue weighted by molar-refractivity contribution is 7.80. The second-order valence-electron chi connectivity index (χ2n) is 0.719. The van der Waals surface area contributed by atoms with Crippen LogP contribution in [0.25, 0.3) is 0 Å². The molecule has 0 rings (SSSR count). The summed E-state index contributed by atoms with van der Waals surface area (Å²) in [7, 11) is 0. The van der Waals surface area contributed by atoms with E-state index in [9.17, 15) is 0 Å². The van der Waals surface area contributed by atoms with Crippen molar-refractivity contribution in [2.75, 3.05) is 5.75 Å². The smallest absolute Gasteiger partial charge is 0.309 e. The SMILES string of the molecule is CCS.NC(N)=O. The Morgan fingerprint density at radius 3 is 1.71 bits per heavy atom. The third kappa shape index (κ3) is 510. The van der Waals surface area contributed by atoms with Crippen LogP contribution in [0, 0.1) is 0 Å². The van der Waals surface area contributed by atoms with E-state index in [0.717, 1.165) is 5.75 Å². The van der Waals surface area contributed by atoms with Crippen LogP contribution in [0.2, 0.25) is 0 Å². The summed E-state index contributed by atoms with van der Waals surface area (Å²) in [5, 5.41) is 0. The summed E-state index contributed by atoms with van der Waals surface area (Å²) >= 11 is 3.79. The maximum atomic E-state index is 9.00. The number of amides is 2. The predicted molar refractivity (Wildman–Crippen MR) is 33.3 cm³/mol. The zero-order chi connectivity index (χ0) is 6.28. The highest BCUT2D eigenvalue weighted by Crippen LogP contribution is 1.58. The minimum Gasteiger partial charge on any atom is -0.352 e. The number of thiol groups is 1. The first-order chi connectivity index (χ1) is 3.15. The van der Waals surface area contributed by atoms with Gasteiger partial charge < -0.3 is 11.5 Å². The maximum absolute atomic E-state index is 9.00. The quantitative estimate of drug-likeness (QED) is 0.388. The van der Waals surface area contributed by atoms with Gasteiger partial charge in [0.25, 0.3) is 0 Å². The molecule has 0 aromatic rings. The van der Waals surface area contributed by atoms with Crippen LogP contribution >= 0.6 is 12.6 Å². The standard InChI is InChI=1S/C2H6S.CH4N2O/c1-2-3;2-1(3)4/h3H,2H2,1H3;(H4,2,3,4). The zero-order valence-corrected chi connectivity index (χ0v) is 5.11. The molecule has 0 bridgehead atoms. The lowest BCUT2D eigenvalue weighted by Crippen LogP contribution is -2.18. The molecule has 0 heterocycles. The number of carbonyl (C=O) groups is 1. The van der Waals surface area contributed by atoms with Gasteiger partial charge in [0.05, 0.1) is 0 Å². The molecule has 0 unspecified atom stereocenters. The third-order valence-electron chi connectivity index (χ3n) is 0. The first-order valence-corrected chi connectivity index (χ1v) is 2.44. The minimum atomic E-state index is -0.833. The molecule has 0 radical (unpaired) electrons. The largest absolute Gasteiger partial charge is 0.352 e. The Labute approximate surface area is 48.5 Å². The van der Waals surface area contributed by atoms with E-state index < -0.39 is 6.03 Å². The molecular formula is C3H10N2OS. The maximum Gasteiger partial charge on any atom is 0.309 e. The minimum absolute atomic E-state index is 0.833. The summed E-state index contributed by atoms with van der Waals surface area (Å²) in [5.41, 5.74) is 8.50. The number of carbonyl (C=O) groups excluding carboxylic acids is 1. The van der Waals surface area contributed by atoms with E-state index in [-0.39, 0.29) is 0 Å². The lowest BCUT2D eigenvalue weighted by molar-refractivity contribution is 0.256. The van der Waals surface area contributed by atoms with Gasteiger partial charge in [-0.3, -0.25) is 0 Å². The average molecular weight is 122 g/mol. The summed E-state index contributed by atoms with van der Waals surface area (Å²) in [4.78, 5) is 9.00.